The average molecular weight is 516 g/mol. The van der Waals surface area contributed by atoms with E-state index in [1.165, 1.54) is 36.7 Å². The summed E-state index contributed by atoms with van der Waals surface area (Å²) >= 11 is 0. The fourth-order valence-corrected chi connectivity index (χ4v) is 4.06. The number of amides is 1. The molecule has 1 saturated heterocycles. The number of aliphatic hydroxyl groups is 1. The molecule has 1 amide bonds. The van der Waals surface area contributed by atoms with Gasteiger partial charge < -0.3 is 19.9 Å². The first-order valence-electron chi connectivity index (χ1n) is 11.9. The lowest BCUT2D eigenvalue weighted by Gasteiger charge is -2.34. The van der Waals surface area contributed by atoms with Crippen LogP contribution in [0.25, 0.3) is 11.1 Å². The number of benzene rings is 1. The number of carbonyl (C=O) groups excluding carboxylic acids is 1. The molecule has 37 heavy (non-hydrogen) atoms. The number of anilines is 1. The van der Waals surface area contributed by atoms with E-state index in [0.717, 1.165) is 0 Å². The third kappa shape index (κ3) is 5.75. The van der Waals surface area contributed by atoms with E-state index in [1.54, 1.807) is 26.0 Å². The number of aryl methyl sites for hydroxylation is 1. The van der Waals surface area contributed by atoms with Crippen LogP contribution in [0, 0.1) is 6.92 Å². The fraction of sp³-hybridized carbons (Fsp3) is 0.370. The highest BCUT2D eigenvalue weighted by molar-refractivity contribution is 6.04. The van der Waals surface area contributed by atoms with Crippen LogP contribution in [0.1, 0.15) is 46.9 Å². The zero-order valence-electron chi connectivity index (χ0n) is 20.6. The van der Waals surface area contributed by atoms with Gasteiger partial charge >= 0.3 is 0 Å². The maximum atomic E-state index is 15.3. The molecule has 0 unspecified atom stereocenters. The van der Waals surface area contributed by atoms with E-state index in [4.69, 9.17) is 14.6 Å². The van der Waals surface area contributed by atoms with E-state index in [-0.39, 0.29) is 55.4 Å². The van der Waals surface area contributed by atoms with Crippen molar-refractivity contribution in [3.05, 3.63) is 71.2 Å². The lowest BCUT2D eigenvalue weighted by molar-refractivity contribution is -0.136. The summed E-state index contributed by atoms with van der Waals surface area (Å²) in [6.45, 7) is 2.86. The number of halogens is 3. The molecule has 3 heterocycles. The van der Waals surface area contributed by atoms with Crippen molar-refractivity contribution in [1.82, 2.24) is 9.97 Å². The third-order valence-corrected chi connectivity index (χ3v) is 6.09. The number of nitrogens with one attached hydrogen (secondary N) is 1. The van der Waals surface area contributed by atoms with Crippen LogP contribution < -0.4 is 10.1 Å². The molecule has 0 spiro atoms. The summed E-state index contributed by atoms with van der Waals surface area (Å²) in [4.78, 5) is 21.5. The predicted molar refractivity (Wildman–Crippen MR) is 132 cm³/mol. The molecule has 4 rings (SSSR count). The van der Waals surface area contributed by atoms with Crippen LogP contribution in [0.2, 0.25) is 0 Å². The van der Waals surface area contributed by atoms with Gasteiger partial charge in [-0.2, -0.15) is 0 Å². The van der Waals surface area contributed by atoms with Gasteiger partial charge in [-0.05, 0) is 31.2 Å². The van der Waals surface area contributed by atoms with Crippen LogP contribution in [0.5, 0.6) is 5.88 Å². The van der Waals surface area contributed by atoms with Crippen molar-refractivity contribution in [2.75, 3.05) is 31.7 Å². The summed E-state index contributed by atoms with van der Waals surface area (Å²) in [5.74, 6) is -3.52. The number of pyridine rings is 2. The van der Waals surface area contributed by atoms with Crippen LogP contribution in [-0.4, -0.2) is 47.4 Å². The number of hydrogen-bond donors (Lipinski definition) is 2. The zero-order chi connectivity index (χ0) is 26.6. The van der Waals surface area contributed by atoms with Gasteiger partial charge in [-0.25, -0.2) is 18.2 Å². The Morgan fingerprint density at radius 1 is 1.22 bits per heavy atom. The van der Waals surface area contributed by atoms with Crippen LogP contribution in [0.15, 0.2) is 48.8 Å². The van der Waals surface area contributed by atoms with Gasteiger partial charge in [-0.15, -0.1) is 0 Å². The van der Waals surface area contributed by atoms with Crippen LogP contribution >= 0.6 is 0 Å². The Bertz CT molecular complexity index is 1280. The quantitative estimate of drug-likeness (QED) is 0.387. The minimum Gasteiger partial charge on any atom is -0.475 e. The van der Waals surface area contributed by atoms with Crippen molar-refractivity contribution in [3.8, 4) is 17.0 Å². The van der Waals surface area contributed by atoms with Gasteiger partial charge in [0.05, 0.1) is 37.3 Å². The summed E-state index contributed by atoms with van der Waals surface area (Å²) in [7, 11) is 0. The molecule has 1 aliphatic heterocycles. The number of aromatic nitrogens is 2. The van der Waals surface area contributed by atoms with Crippen molar-refractivity contribution in [1.29, 1.82) is 0 Å². The maximum Gasteiger partial charge on any atom is 0.273 e. The minimum absolute atomic E-state index is 0.0377. The van der Waals surface area contributed by atoms with Gasteiger partial charge in [-0.1, -0.05) is 25.5 Å². The normalized spacial score (nSPS) is 14.6. The van der Waals surface area contributed by atoms with E-state index >= 15 is 4.39 Å². The van der Waals surface area contributed by atoms with E-state index in [9.17, 15) is 13.6 Å². The van der Waals surface area contributed by atoms with Gasteiger partial charge in [0.2, 0.25) is 5.88 Å². The molecule has 196 valence electrons. The number of alkyl halides is 3. The molecule has 1 aliphatic rings. The van der Waals surface area contributed by atoms with Crippen LogP contribution in [0.3, 0.4) is 0 Å². The summed E-state index contributed by atoms with van der Waals surface area (Å²) < 4.78 is 54.5. The molecule has 10 heteroatoms. The SMILES string of the molecule is CCCC(F)(F)c1cccc(C(=O)Nc2cnc(C)c(-c3cnc(OCCO)c(C4(F)COC4)c3)c2)c1. The van der Waals surface area contributed by atoms with E-state index in [2.05, 4.69) is 15.3 Å². The topological polar surface area (TPSA) is 93.6 Å². The van der Waals surface area contributed by atoms with Crippen molar-refractivity contribution in [2.24, 2.45) is 0 Å². The van der Waals surface area contributed by atoms with E-state index < -0.39 is 17.5 Å². The van der Waals surface area contributed by atoms with Gasteiger partial charge in [0, 0.05) is 40.6 Å². The van der Waals surface area contributed by atoms with E-state index in [1.807, 2.05) is 0 Å². The van der Waals surface area contributed by atoms with Crippen molar-refractivity contribution in [3.63, 3.8) is 0 Å². The van der Waals surface area contributed by atoms with Crippen molar-refractivity contribution < 1.29 is 32.5 Å². The molecule has 2 N–H and O–H groups in total. The number of carbonyl (C=O) groups is 1. The average Bonchev–Trinajstić information content (AvgIpc) is 2.87. The first-order chi connectivity index (χ1) is 17.7. The maximum absolute atomic E-state index is 15.3. The molecule has 0 atom stereocenters. The largest absolute Gasteiger partial charge is 0.475 e. The summed E-state index contributed by atoms with van der Waals surface area (Å²) in [5, 5.41) is 11.8. The number of rotatable bonds is 10. The Kier molecular flexibility index (Phi) is 7.79. The lowest BCUT2D eigenvalue weighted by atomic mass is 9.92. The highest BCUT2D eigenvalue weighted by Gasteiger charge is 2.44. The fourth-order valence-electron chi connectivity index (χ4n) is 4.06. The summed E-state index contributed by atoms with van der Waals surface area (Å²) in [5.41, 5.74) is 0.370. The van der Waals surface area contributed by atoms with Gasteiger partial charge in [-0.3, -0.25) is 9.78 Å². The van der Waals surface area contributed by atoms with E-state index in [0.29, 0.717) is 28.9 Å². The van der Waals surface area contributed by atoms with Crippen molar-refractivity contribution >= 4 is 11.6 Å². The monoisotopic (exact) mass is 515 g/mol. The molecule has 0 saturated carbocycles. The molecule has 7 nitrogen and oxygen atoms in total. The summed E-state index contributed by atoms with van der Waals surface area (Å²) in [6.07, 6.45) is 2.95. The second-order valence-electron chi connectivity index (χ2n) is 8.95. The minimum atomic E-state index is -3.03. The second-order valence-corrected chi connectivity index (χ2v) is 8.95. The van der Waals surface area contributed by atoms with Gasteiger partial charge in [0.15, 0.2) is 5.67 Å². The Balaban J connectivity index is 1.61. The molecule has 3 aromatic rings. The molecule has 2 aromatic heterocycles. The van der Waals surface area contributed by atoms with Crippen LogP contribution in [-0.2, 0) is 16.3 Å². The Morgan fingerprint density at radius 3 is 2.68 bits per heavy atom. The Hall–Kier alpha value is -3.50. The lowest BCUT2D eigenvalue weighted by Crippen LogP contribution is -2.43. The molecule has 1 aromatic carbocycles. The third-order valence-electron chi connectivity index (χ3n) is 6.09. The molecule has 0 bridgehead atoms. The Labute approximate surface area is 212 Å². The van der Waals surface area contributed by atoms with Crippen LogP contribution in [0.4, 0.5) is 18.9 Å². The zero-order valence-corrected chi connectivity index (χ0v) is 20.6. The second kappa shape index (κ2) is 10.9. The molecular formula is C27H28F3N3O4. The van der Waals surface area contributed by atoms with Gasteiger partial charge in [0.25, 0.3) is 11.8 Å². The Morgan fingerprint density at radius 2 is 2.00 bits per heavy atom. The number of ether oxygens (including phenoxy) is 2. The standard InChI is InChI=1S/C27H28F3N3O4/c1-3-7-27(29,30)20-6-4-5-18(10-20)24(35)33-21-12-22(17(2)31-14-21)19-11-23(26(28)15-36-16-26)25(32-13-19)37-9-8-34/h4-6,10-14,34H,3,7-9,15-16H2,1-2H3,(H,33,35). The highest BCUT2D eigenvalue weighted by atomic mass is 19.3. The number of nitrogens with zero attached hydrogens (tertiary/aromatic N) is 2. The van der Waals surface area contributed by atoms with Gasteiger partial charge in [0.1, 0.15) is 6.61 Å². The molecule has 1 fully saturated rings. The first kappa shape index (κ1) is 26.6. The first-order valence-corrected chi connectivity index (χ1v) is 11.9. The molecule has 0 aliphatic carbocycles. The number of hydrogen-bond acceptors (Lipinski definition) is 6. The molecular weight excluding hydrogens is 487 g/mol. The summed E-state index contributed by atoms with van der Waals surface area (Å²) in [6, 6.07) is 8.64. The van der Waals surface area contributed by atoms with Crippen molar-refractivity contribution in [2.45, 2.75) is 38.3 Å². The number of aliphatic hydroxyl groups excluding tert-OH is 1. The smallest absolute Gasteiger partial charge is 0.273 e. The predicted octanol–water partition coefficient (Wildman–Crippen LogP) is 5.16. The highest BCUT2D eigenvalue weighted by Crippen LogP contribution is 2.40. The molecule has 0 radical (unpaired) electrons.